The average Bonchev–Trinajstić information content (AvgIpc) is 2.97. The van der Waals surface area contributed by atoms with Gasteiger partial charge in [-0.05, 0) is 37.8 Å². The molecular weight excluding hydrogens is 246 g/mol. The van der Waals surface area contributed by atoms with Crippen LogP contribution < -0.4 is 0 Å². The number of ether oxygens (including phenoxy) is 1. The molecule has 1 aromatic heterocycles. The Balaban J connectivity index is 1.96. The minimum absolute atomic E-state index is 0.0293. The van der Waals surface area contributed by atoms with E-state index in [0.717, 1.165) is 6.42 Å². The van der Waals surface area contributed by atoms with Crippen LogP contribution in [0.4, 0.5) is 0 Å². The number of nitrogens with zero attached hydrogens (tertiary/aromatic N) is 1. The second-order valence-electron chi connectivity index (χ2n) is 5.37. The molecule has 0 radical (unpaired) electrons. The first-order chi connectivity index (χ1) is 8.72. The minimum atomic E-state index is -0.0293. The minimum Gasteiger partial charge on any atom is -0.469 e. The smallest absolute Gasteiger partial charge is 0.309 e. The standard InChI is InChI=1S/C14H19NO2S/c1-15-9-5-6-11(15)13(12-4-3-7-18-12)10(8-9)14(16)17-2/h3-4,7,9-11,13H,5-6,8H2,1-2H3. The Morgan fingerprint density at radius 1 is 1.50 bits per heavy atom. The SMILES string of the molecule is COC(=O)C1CC2CCC(C1c1cccs1)N2C. The highest BCUT2D eigenvalue weighted by atomic mass is 32.1. The zero-order valence-corrected chi connectivity index (χ0v) is 11.7. The molecule has 18 heavy (non-hydrogen) atoms. The lowest BCUT2D eigenvalue weighted by Gasteiger charge is -2.41. The first kappa shape index (κ1) is 12.2. The van der Waals surface area contributed by atoms with Gasteiger partial charge in [0.1, 0.15) is 0 Å². The molecular formula is C14H19NO2S. The molecule has 3 nitrogen and oxygen atoms in total. The van der Waals surface area contributed by atoms with Crippen LogP contribution in [-0.4, -0.2) is 37.1 Å². The van der Waals surface area contributed by atoms with Gasteiger partial charge in [-0.1, -0.05) is 6.07 Å². The van der Waals surface area contributed by atoms with Gasteiger partial charge in [-0.15, -0.1) is 11.3 Å². The number of esters is 1. The third kappa shape index (κ3) is 1.79. The summed E-state index contributed by atoms with van der Waals surface area (Å²) in [5, 5.41) is 2.10. The normalized spacial score (nSPS) is 35.7. The summed E-state index contributed by atoms with van der Waals surface area (Å²) in [5.41, 5.74) is 0. The summed E-state index contributed by atoms with van der Waals surface area (Å²) < 4.78 is 5.02. The fraction of sp³-hybridized carbons (Fsp3) is 0.643. The molecule has 4 heteroatoms. The molecule has 4 atom stereocenters. The van der Waals surface area contributed by atoms with Crippen molar-refractivity contribution in [3.05, 3.63) is 22.4 Å². The summed E-state index contributed by atoms with van der Waals surface area (Å²) in [6.07, 6.45) is 3.37. The van der Waals surface area contributed by atoms with Gasteiger partial charge in [0.05, 0.1) is 13.0 Å². The lowest BCUT2D eigenvalue weighted by atomic mass is 9.79. The van der Waals surface area contributed by atoms with E-state index in [1.165, 1.54) is 24.8 Å². The third-order valence-corrected chi connectivity index (χ3v) is 5.62. The van der Waals surface area contributed by atoms with Crippen LogP contribution in [0.2, 0.25) is 0 Å². The molecule has 98 valence electrons. The van der Waals surface area contributed by atoms with Gasteiger partial charge in [-0.2, -0.15) is 0 Å². The molecule has 0 aromatic carbocycles. The van der Waals surface area contributed by atoms with Crippen molar-refractivity contribution in [1.29, 1.82) is 0 Å². The number of hydrogen-bond donors (Lipinski definition) is 0. The Labute approximate surface area is 112 Å². The van der Waals surface area contributed by atoms with Gasteiger partial charge in [-0.25, -0.2) is 0 Å². The largest absolute Gasteiger partial charge is 0.469 e. The summed E-state index contributed by atoms with van der Waals surface area (Å²) >= 11 is 1.77. The van der Waals surface area contributed by atoms with Crippen molar-refractivity contribution in [1.82, 2.24) is 4.90 Å². The van der Waals surface area contributed by atoms with Crippen LogP contribution in [0.5, 0.6) is 0 Å². The van der Waals surface area contributed by atoms with Crippen LogP contribution in [0.15, 0.2) is 17.5 Å². The van der Waals surface area contributed by atoms with E-state index < -0.39 is 0 Å². The molecule has 2 saturated heterocycles. The Morgan fingerprint density at radius 2 is 2.33 bits per heavy atom. The summed E-state index contributed by atoms with van der Waals surface area (Å²) in [4.78, 5) is 15.9. The molecule has 4 unspecified atom stereocenters. The van der Waals surface area contributed by atoms with Crippen LogP contribution in [0.1, 0.15) is 30.1 Å². The molecule has 2 fully saturated rings. The number of piperidine rings is 1. The van der Waals surface area contributed by atoms with Crippen molar-refractivity contribution in [3.63, 3.8) is 0 Å². The fourth-order valence-electron chi connectivity index (χ4n) is 3.73. The maximum absolute atomic E-state index is 12.1. The van der Waals surface area contributed by atoms with E-state index in [0.29, 0.717) is 18.0 Å². The van der Waals surface area contributed by atoms with Gasteiger partial charge < -0.3 is 4.74 Å². The van der Waals surface area contributed by atoms with Gasteiger partial charge >= 0.3 is 5.97 Å². The summed E-state index contributed by atoms with van der Waals surface area (Å²) in [6.45, 7) is 0. The number of hydrogen-bond acceptors (Lipinski definition) is 4. The summed E-state index contributed by atoms with van der Waals surface area (Å²) in [6, 6.07) is 5.31. The van der Waals surface area contributed by atoms with Crippen molar-refractivity contribution < 1.29 is 9.53 Å². The van der Waals surface area contributed by atoms with E-state index in [9.17, 15) is 4.79 Å². The van der Waals surface area contributed by atoms with Crippen LogP contribution in [-0.2, 0) is 9.53 Å². The Hall–Kier alpha value is -0.870. The highest BCUT2D eigenvalue weighted by Gasteiger charge is 2.49. The van der Waals surface area contributed by atoms with Crippen LogP contribution in [0, 0.1) is 5.92 Å². The van der Waals surface area contributed by atoms with Crippen molar-refractivity contribution in [3.8, 4) is 0 Å². The van der Waals surface area contributed by atoms with Gasteiger partial charge in [0.15, 0.2) is 0 Å². The van der Waals surface area contributed by atoms with Gasteiger partial charge in [0.25, 0.3) is 0 Å². The van der Waals surface area contributed by atoms with Gasteiger partial charge in [-0.3, -0.25) is 9.69 Å². The van der Waals surface area contributed by atoms with E-state index in [2.05, 4.69) is 29.5 Å². The predicted molar refractivity (Wildman–Crippen MR) is 71.8 cm³/mol. The van der Waals surface area contributed by atoms with Crippen LogP contribution in [0.25, 0.3) is 0 Å². The Bertz CT molecular complexity index is 431. The maximum Gasteiger partial charge on any atom is 0.309 e. The number of methoxy groups -OCH3 is 1. The zero-order chi connectivity index (χ0) is 12.7. The molecule has 3 rings (SSSR count). The van der Waals surface area contributed by atoms with E-state index >= 15 is 0 Å². The second kappa shape index (κ2) is 4.67. The molecule has 0 spiro atoms. The Morgan fingerprint density at radius 3 is 3.00 bits per heavy atom. The monoisotopic (exact) mass is 265 g/mol. The van der Waals surface area contributed by atoms with E-state index in [4.69, 9.17) is 4.74 Å². The lowest BCUT2D eigenvalue weighted by molar-refractivity contribution is -0.149. The average molecular weight is 265 g/mol. The molecule has 2 aliphatic heterocycles. The number of carbonyl (C=O) groups excluding carboxylic acids is 1. The van der Waals surface area contributed by atoms with Crippen molar-refractivity contribution in [2.24, 2.45) is 5.92 Å². The topological polar surface area (TPSA) is 29.5 Å². The maximum atomic E-state index is 12.1. The molecule has 3 heterocycles. The molecule has 0 N–H and O–H groups in total. The molecule has 0 aliphatic carbocycles. The fourth-order valence-corrected chi connectivity index (χ4v) is 4.68. The third-order valence-electron chi connectivity index (χ3n) is 4.64. The number of likely N-dealkylation sites (N-methyl/N-ethyl adjacent to an activating group) is 1. The molecule has 2 aliphatic rings. The Kier molecular flexibility index (Phi) is 3.16. The zero-order valence-electron chi connectivity index (χ0n) is 10.8. The van der Waals surface area contributed by atoms with Crippen LogP contribution in [0.3, 0.4) is 0 Å². The van der Waals surface area contributed by atoms with Gasteiger partial charge in [0.2, 0.25) is 0 Å². The first-order valence-electron chi connectivity index (χ1n) is 6.55. The second-order valence-corrected chi connectivity index (χ2v) is 6.35. The van der Waals surface area contributed by atoms with Crippen molar-refractivity contribution in [2.75, 3.05) is 14.2 Å². The van der Waals surface area contributed by atoms with E-state index in [1.54, 1.807) is 11.3 Å². The summed E-state index contributed by atoms with van der Waals surface area (Å²) in [5.74, 6) is 0.335. The van der Waals surface area contributed by atoms with Crippen molar-refractivity contribution in [2.45, 2.75) is 37.3 Å². The van der Waals surface area contributed by atoms with Gasteiger partial charge in [0, 0.05) is 22.9 Å². The van der Waals surface area contributed by atoms with E-state index in [1.807, 2.05) is 0 Å². The first-order valence-corrected chi connectivity index (χ1v) is 7.43. The molecule has 0 amide bonds. The number of carbonyl (C=O) groups is 1. The highest BCUT2D eigenvalue weighted by Crippen LogP contribution is 2.47. The van der Waals surface area contributed by atoms with Crippen LogP contribution >= 0.6 is 11.3 Å². The molecule has 0 saturated carbocycles. The number of rotatable bonds is 2. The number of fused-ring (bicyclic) bond motifs is 2. The quantitative estimate of drug-likeness (QED) is 0.769. The molecule has 1 aromatic rings. The lowest BCUT2D eigenvalue weighted by Crippen LogP contribution is -2.47. The predicted octanol–water partition coefficient (Wildman–Crippen LogP) is 2.49. The van der Waals surface area contributed by atoms with E-state index in [-0.39, 0.29) is 11.9 Å². The van der Waals surface area contributed by atoms with Crippen molar-refractivity contribution >= 4 is 17.3 Å². The number of thiophene rings is 1. The molecule has 2 bridgehead atoms. The highest BCUT2D eigenvalue weighted by molar-refractivity contribution is 7.10. The summed E-state index contributed by atoms with van der Waals surface area (Å²) in [7, 11) is 3.71.